The highest BCUT2D eigenvalue weighted by Gasteiger charge is 2.17. The molecule has 0 aromatic heterocycles. The number of rotatable bonds is 3. The largest absolute Gasteiger partial charge is 0.0610 e. The first-order valence-corrected chi connectivity index (χ1v) is 15.2. The van der Waals surface area contributed by atoms with Crippen LogP contribution in [-0.4, -0.2) is 0 Å². The number of halogens is 2. The highest BCUT2D eigenvalue weighted by Crippen LogP contribution is 2.56. The lowest BCUT2D eigenvalue weighted by atomic mass is 9.95. The summed E-state index contributed by atoms with van der Waals surface area (Å²) < 4.78 is -0.283. The van der Waals surface area contributed by atoms with Gasteiger partial charge in [0.05, 0.1) is 3.21 Å². The maximum atomic E-state index is 2.60. The van der Waals surface area contributed by atoms with Crippen molar-refractivity contribution >= 4 is 52.6 Å². The van der Waals surface area contributed by atoms with E-state index in [0.29, 0.717) is 0 Å². The van der Waals surface area contributed by atoms with Gasteiger partial charge in [-0.05, 0) is 94.0 Å². The molecule has 0 spiro atoms. The number of hydrogen-bond acceptors (Lipinski definition) is 0. The van der Waals surface area contributed by atoms with Crippen LogP contribution in [0.1, 0.15) is 22.3 Å². The first-order chi connectivity index (χ1) is 11.8. The summed E-state index contributed by atoms with van der Waals surface area (Å²) in [5.41, 5.74) is 10.7. The first kappa shape index (κ1) is 19.3. The lowest BCUT2D eigenvalue weighted by molar-refractivity contribution is 1.38. The van der Waals surface area contributed by atoms with Gasteiger partial charge < -0.3 is 0 Å². The molecule has 3 heteroatoms. The van der Waals surface area contributed by atoms with Crippen molar-refractivity contribution < 1.29 is 0 Å². The van der Waals surface area contributed by atoms with Gasteiger partial charge in [-0.25, -0.2) is 0 Å². The molecule has 0 bridgehead atoms. The van der Waals surface area contributed by atoms with Gasteiger partial charge in [0, 0.05) is 5.30 Å². The second kappa shape index (κ2) is 8.06. The van der Waals surface area contributed by atoms with Crippen LogP contribution in [0.4, 0.5) is 0 Å². The van der Waals surface area contributed by atoms with Crippen molar-refractivity contribution in [3.63, 3.8) is 0 Å². The Balaban J connectivity index is 2.28. The highest BCUT2D eigenvalue weighted by molar-refractivity contribution is 14.3. The van der Waals surface area contributed by atoms with E-state index in [-0.39, 0.29) is 3.21 Å². The zero-order valence-corrected chi connectivity index (χ0v) is 20.1. The quantitative estimate of drug-likeness (QED) is 0.221. The minimum atomic E-state index is -0.283. The lowest BCUT2D eigenvalue weighted by Gasteiger charge is -2.18. The summed E-state index contributed by atoms with van der Waals surface area (Å²) in [5, 5.41) is 1.48. The number of benzene rings is 3. The molecule has 0 nitrogen and oxygen atoms in total. The van der Waals surface area contributed by atoms with Crippen LogP contribution in [0.5, 0.6) is 0 Å². The molecule has 0 atom stereocenters. The van der Waals surface area contributed by atoms with E-state index in [4.69, 9.17) is 0 Å². The Kier molecular flexibility index (Phi) is 6.23. The molecule has 0 saturated heterocycles. The van der Waals surface area contributed by atoms with Crippen LogP contribution in [0.15, 0.2) is 54.6 Å². The molecule has 25 heavy (non-hydrogen) atoms. The maximum Gasteiger partial charge on any atom is 0.0567 e. The molecule has 3 aromatic rings. The van der Waals surface area contributed by atoms with Crippen molar-refractivity contribution in [1.82, 2.24) is 0 Å². The highest BCUT2D eigenvalue weighted by atomic mass is 127. The third-order valence-corrected chi connectivity index (χ3v) is 7.98. The molecule has 0 aliphatic rings. The second-order valence-electron chi connectivity index (χ2n) is 6.69. The first-order valence-electron chi connectivity index (χ1n) is 8.27. The zero-order valence-electron chi connectivity index (χ0n) is 14.9. The van der Waals surface area contributed by atoms with Crippen molar-refractivity contribution in [3.8, 4) is 22.3 Å². The minimum absolute atomic E-state index is 0.283. The Labute approximate surface area is 178 Å². The molecule has 0 heterocycles. The van der Waals surface area contributed by atoms with Gasteiger partial charge in [-0.2, -0.15) is 0 Å². The Bertz CT molecular complexity index is 819. The molecule has 0 saturated carbocycles. The van der Waals surface area contributed by atoms with Crippen LogP contribution < -0.4 is 5.30 Å². The van der Waals surface area contributed by atoms with Crippen LogP contribution >= 0.6 is 47.3 Å². The van der Waals surface area contributed by atoms with Gasteiger partial charge in [-0.15, -0.1) is 0 Å². The zero-order chi connectivity index (χ0) is 18.1. The molecule has 0 N–H and O–H groups in total. The van der Waals surface area contributed by atoms with Crippen molar-refractivity contribution in [1.29, 1.82) is 0 Å². The van der Waals surface area contributed by atoms with Crippen molar-refractivity contribution in [2.75, 3.05) is 0 Å². The summed E-state index contributed by atoms with van der Waals surface area (Å²) in [6, 6.07) is 20.5. The van der Waals surface area contributed by atoms with Gasteiger partial charge >= 0.3 is 0 Å². The van der Waals surface area contributed by atoms with E-state index in [9.17, 15) is 0 Å². The SMILES string of the molecule is Cc1cc(C)cc(-c2cccc(-c3cc(C)cc(C)c3)c2P(I)I)c1. The summed E-state index contributed by atoms with van der Waals surface area (Å²) in [4.78, 5) is 0. The van der Waals surface area contributed by atoms with Crippen LogP contribution in [0, 0.1) is 27.7 Å². The van der Waals surface area contributed by atoms with E-state index < -0.39 is 0 Å². The van der Waals surface area contributed by atoms with Crippen LogP contribution in [0.3, 0.4) is 0 Å². The molecule has 128 valence electrons. The van der Waals surface area contributed by atoms with Crippen molar-refractivity contribution in [3.05, 3.63) is 76.9 Å². The van der Waals surface area contributed by atoms with Crippen LogP contribution in [-0.2, 0) is 0 Å². The summed E-state index contributed by atoms with van der Waals surface area (Å²) >= 11 is 5.20. The molecule has 0 unspecified atom stereocenters. The third kappa shape index (κ3) is 4.45. The summed E-state index contributed by atoms with van der Waals surface area (Å²) in [6.45, 7) is 8.73. The monoisotopic (exact) mass is 570 g/mol. The predicted octanol–water partition coefficient (Wildman–Crippen LogP) is 8.06. The fraction of sp³-hybridized carbons (Fsp3) is 0.182. The molecule has 0 aliphatic carbocycles. The fourth-order valence-electron chi connectivity index (χ4n) is 3.45. The smallest absolute Gasteiger partial charge is 0.0567 e. The lowest BCUT2D eigenvalue weighted by Crippen LogP contribution is -2.06. The molecular formula is C22H21I2P. The van der Waals surface area contributed by atoms with Gasteiger partial charge in [-0.1, -0.05) is 76.9 Å². The van der Waals surface area contributed by atoms with Crippen molar-refractivity contribution in [2.45, 2.75) is 27.7 Å². The van der Waals surface area contributed by atoms with Gasteiger partial charge in [0.25, 0.3) is 0 Å². The maximum absolute atomic E-state index is 2.60. The number of hydrogen-bond donors (Lipinski definition) is 0. The standard InChI is InChI=1S/C22H21I2P/c1-14-8-15(2)11-18(10-14)20-6-5-7-21(22(20)25(23)24)19-12-16(3)9-17(4)13-19/h5-13H,1-4H3. The van der Waals surface area contributed by atoms with Gasteiger partial charge in [0.15, 0.2) is 0 Å². The second-order valence-corrected chi connectivity index (χ2v) is 18.9. The summed E-state index contributed by atoms with van der Waals surface area (Å²) in [6.07, 6.45) is 0. The van der Waals surface area contributed by atoms with E-state index in [1.54, 1.807) is 0 Å². The Morgan fingerprint density at radius 2 is 0.960 bits per heavy atom. The van der Waals surface area contributed by atoms with Crippen molar-refractivity contribution in [2.24, 2.45) is 0 Å². The van der Waals surface area contributed by atoms with E-state index in [1.165, 1.54) is 49.8 Å². The Morgan fingerprint density at radius 1 is 0.600 bits per heavy atom. The van der Waals surface area contributed by atoms with E-state index in [1.807, 2.05) is 0 Å². The average Bonchev–Trinajstić information content (AvgIpc) is 2.52. The van der Waals surface area contributed by atoms with E-state index >= 15 is 0 Å². The third-order valence-electron chi connectivity index (χ3n) is 4.27. The summed E-state index contributed by atoms with van der Waals surface area (Å²) in [5.74, 6) is 0. The summed E-state index contributed by atoms with van der Waals surface area (Å²) in [7, 11) is 0. The Morgan fingerprint density at radius 3 is 1.28 bits per heavy atom. The molecule has 3 rings (SSSR count). The van der Waals surface area contributed by atoms with E-state index in [0.717, 1.165) is 0 Å². The molecule has 0 aliphatic heterocycles. The predicted molar refractivity (Wildman–Crippen MR) is 131 cm³/mol. The fourth-order valence-corrected chi connectivity index (χ4v) is 7.34. The molecule has 0 fully saturated rings. The normalized spacial score (nSPS) is 11.2. The van der Waals surface area contributed by atoms with Crippen LogP contribution in [0.2, 0.25) is 0 Å². The van der Waals surface area contributed by atoms with E-state index in [2.05, 4.69) is 126 Å². The molecule has 0 amide bonds. The molecular weight excluding hydrogens is 549 g/mol. The van der Waals surface area contributed by atoms with Gasteiger partial charge in [0.1, 0.15) is 0 Å². The van der Waals surface area contributed by atoms with Crippen LogP contribution in [0.25, 0.3) is 22.3 Å². The number of aryl methyl sites for hydroxylation is 4. The average molecular weight is 570 g/mol. The van der Waals surface area contributed by atoms with Gasteiger partial charge in [0.2, 0.25) is 0 Å². The molecule has 0 radical (unpaired) electrons. The molecule has 3 aromatic carbocycles. The topological polar surface area (TPSA) is 0 Å². The Hall–Kier alpha value is -0.450. The van der Waals surface area contributed by atoms with Gasteiger partial charge in [-0.3, -0.25) is 0 Å². The minimum Gasteiger partial charge on any atom is -0.0610 e.